The first-order chi connectivity index (χ1) is 6.59. The van der Waals surface area contributed by atoms with Gasteiger partial charge in [-0.3, -0.25) is 0 Å². The number of benzene rings is 1. The van der Waals surface area contributed by atoms with Crippen LogP contribution in [-0.4, -0.2) is 11.2 Å². The molecule has 1 aromatic rings. The largest absolute Gasteiger partial charge is 0.392 e. The zero-order valence-corrected chi connectivity index (χ0v) is 8.48. The average molecular weight is 213 g/mol. The fraction of sp³-hybridized carbons (Fsp3) is 0.273. The molecule has 1 rings (SSSR count). The number of rotatable bonds is 1. The Morgan fingerprint density at radius 2 is 2.29 bits per heavy atom. The van der Waals surface area contributed by atoms with E-state index in [0.29, 0.717) is 12.0 Å². The molecule has 14 heavy (non-hydrogen) atoms. The van der Waals surface area contributed by atoms with E-state index in [9.17, 15) is 4.39 Å². The minimum absolute atomic E-state index is 0.0637. The van der Waals surface area contributed by atoms with Crippen molar-refractivity contribution >= 4 is 11.6 Å². The second kappa shape index (κ2) is 4.99. The second-order valence-electron chi connectivity index (χ2n) is 2.98. The van der Waals surface area contributed by atoms with E-state index < -0.39 is 11.9 Å². The van der Waals surface area contributed by atoms with Gasteiger partial charge in [0.25, 0.3) is 0 Å². The Bertz CT molecular complexity index is 377. The molecule has 0 aliphatic carbocycles. The monoisotopic (exact) mass is 212 g/mol. The highest BCUT2D eigenvalue weighted by molar-refractivity contribution is 6.30. The molecule has 1 atom stereocenters. The highest BCUT2D eigenvalue weighted by Gasteiger charge is 1.98. The van der Waals surface area contributed by atoms with Gasteiger partial charge in [-0.25, -0.2) is 4.39 Å². The van der Waals surface area contributed by atoms with Crippen LogP contribution in [0.3, 0.4) is 0 Å². The highest BCUT2D eigenvalue weighted by Crippen LogP contribution is 2.15. The Kier molecular flexibility index (Phi) is 3.94. The lowest BCUT2D eigenvalue weighted by molar-refractivity contribution is 0.201. The molecule has 1 aromatic carbocycles. The third-order valence-corrected chi connectivity index (χ3v) is 1.84. The molecule has 0 saturated heterocycles. The molecule has 1 N–H and O–H groups in total. The molecular weight excluding hydrogens is 203 g/mol. The van der Waals surface area contributed by atoms with E-state index in [2.05, 4.69) is 11.8 Å². The first kappa shape index (κ1) is 11.0. The van der Waals surface area contributed by atoms with Crippen molar-refractivity contribution < 1.29 is 9.50 Å². The molecule has 0 spiro atoms. The molecule has 3 heteroatoms. The lowest BCUT2D eigenvalue weighted by atomic mass is 10.2. The number of aliphatic hydroxyl groups excluding tert-OH is 1. The van der Waals surface area contributed by atoms with Gasteiger partial charge in [-0.1, -0.05) is 23.4 Å². The van der Waals surface area contributed by atoms with Crippen molar-refractivity contribution in [2.24, 2.45) is 0 Å². The minimum atomic E-state index is -0.451. The summed E-state index contributed by atoms with van der Waals surface area (Å²) in [4.78, 5) is 0. The van der Waals surface area contributed by atoms with Gasteiger partial charge >= 0.3 is 0 Å². The summed E-state index contributed by atoms with van der Waals surface area (Å²) in [6, 6.07) is 4.29. The Labute approximate surface area is 87.5 Å². The summed E-state index contributed by atoms with van der Waals surface area (Å²) in [5.74, 6) is 5.10. The molecule has 0 bridgehead atoms. The predicted octanol–water partition coefficient (Wildman–Crippen LogP) is 2.60. The number of hydrogen-bond acceptors (Lipinski definition) is 1. The van der Waals surface area contributed by atoms with Crippen LogP contribution < -0.4 is 0 Å². The second-order valence-corrected chi connectivity index (χ2v) is 3.39. The summed E-state index contributed by atoms with van der Waals surface area (Å²) in [7, 11) is 0. The summed E-state index contributed by atoms with van der Waals surface area (Å²) in [5, 5.41) is 9.00. The molecule has 1 nitrogen and oxygen atoms in total. The molecular formula is C11H10ClFO. The molecule has 0 fully saturated rings. The molecule has 74 valence electrons. The molecule has 0 aromatic heterocycles. The summed E-state index contributed by atoms with van der Waals surface area (Å²) >= 11 is 5.56. The van der Waals surface area contributed by atoms with Crippen molar-refractivity contribution in [3.8, 4) is 11.8 Å². The van der Waals surface area contributed by atoms with E-state index >= 15 is 0 Å². The topological polar surface area (TPSA) is 20.2 Å². The predicted molar refractivity (Wildman–Crippen MR) is 54.6 cm³/mol. The average Bonchev–Trinajstić information content (AvgIpc) is 2.10. The molecule has 0 amide bonds. The van der Waals surface area contributed by atoms with Gasteiger partial charge in [0, 0.05) is 12.0 Å². The first-order valence-corrected chi connectivity index (χ1v) is 4.59. The number of aliphatic hydroxyl groups is 1. The van der Waals surface area contributed by atoms with Crippen LogP contribution in [0.25, 0.3) is 0 Å². The zero-order valence-electron chi connectivity index (χ0n) is 7.72. The van der Waals surface area contributed by atoms with Gasteiger partial charge < -0.3 is 5.11 Å². The molecule has 0 radical (unpaired) electrons. The quantitative estimate of drug-likeness (QED) is 0.710. The van der Waals surface area contributed by atoms with Crippen molar-refractivity contribution in [2.45, 2.75) is 19.4 Å². The van der Waals surface area contributed by atoms with E-state index in [1.165, 1.54) is 12.1 Å². The van der Waals surface area contributed by atoms with Crippen LogP contribution in [0.5, 0.6) is 0 Å². The van der Waals surface area contributed by atoms with Gasteiger partial charge in [0.1, 0.15) is 5.82 Å². The van der Waals surface area contributed by atoms with Crippen LogP contribution in [0, 0.1) is 17.7 Å². The van der Waals surface area contributed by atoms with Crippen molar-refractivity contribution in [3.63, 3.8) is 0 Å². The van der Waals surface area contributed by atoms with E-state index in [-0.39, 0.29) is 5.02 Å². The van der Waals surface area contributed by atoms with Gasteiger partial charge in [0.05, 0.1) is 11.1 Å². The van der Waals surface area contributed by atoms with Crippen LogP contribution in [0.1, 0.15) is 18.9 Å². The first-order valence-electron chi connectivity index (χ1n) is 4.21. The lowest BCUT2D eigenvalue weighted by Crippen LogP contribution is -1.95. The minimum Gasteiger partial charge on any atom is -0.392 e. The molecule has 0 aliphatic rings. The molecule has 0 heterocycles. The fourth-order valence-corrected chi connectivity index (χ4v) is 1.06. The van der Waals surface area contributed by atoms with E-state index in [0.717, 1.165) is 0 Å². The maximum absolute atomic E-state index is 12.7. The van der Waals surface area contributed by atoms with Crippen molar-refractivity contribution in [1.82, 2.24) is 0 Å². The number of hydrogen-bond donors (Lipinski definition) is 1. The normalized spacial score (nSPS) is 11.7. The smallest absolute Gasteiger partial charge is 0.141 e. The summed E-state index contributed by atoms with van der Waals surface area (Å²) in [5.41, 5.74) is 0.650. The van der Waals surface area contributed by atoms with Crippen LogP contribution >= 0.6 is 11.6 Å². The van der Waals surface area contributed by atoms with Crippen molar-refractivity contribution in [1.29, 1.82) is 0 Å². The van der Waals surface area contributed by atoms with Crippen molar-refractivity contribution in [3.05, 3.63) is 34.6 Å². The van der Waals surface area contributed by atoms with Gasteiger partial charge in [0.2, 0.25) is 0 Å². The van der Waals surface area contributed by atoms with E-state index in [4.69, 9.17) is 16.7 Å². The van der Waals surface area contributed by atoms with Crippen LogP contribution in [-0.2, 0) is 0 Å². The van der Waals surface area contributed by atoms with Gasteiger partial charge in [-0.05, 0) is 25.1 Å². The Morgan fingerprint density at radius 1 is 1.57 bits per heavy atom. The van der Waals surface area contributed by atoms with Crippen LogP contribution in [0.2, 0.25) is 5.02 Å². The lowest BCUT2D eigenvalue weighted by Gasteiger charge is -1.95. The third-order valence-electron chi connectivity index (χ3n) is 1.55. The van der Waals surface area contributed by atoms with Gasteiger partial charge in [0.15, 0.2) is 0 Å². The zero-order chi connectivity index (χ0) is 10.6. The Balaban J connectivity index is 2.76. The highest BCUT2D eigenvalue weighted by atomic mass is 35.5. The SMILES string of the molecule is CC(O)CC#Cc1ccc(F)c(Cl)c1. The maximum Gasteiger partial charge on any atom is 0.141 e. The summed E-state index contributed by atoms with van der Waals surface area (Å²) in [6.07, 6.45) is -0.0481. The van der Waals surface area contributed by atoms with Gasteiger partial charge in [-0.15, -0.1) is 0 Å². The van der Waals surface area contributed by atoms with Crippen LogP contribution in [0.4, 0.5) is 4.39 Å². The van der Waals surface area contributed by atoms with E-state index in [1.54, 1.807) is 13.0 Å². The molecule has 0 saturated carbocycles. The van der Waals surface area contributed by atoms with Gasteiger partial charge in [-0.2, -0.15) is 0 Å². The number of halogens is 2. The standard InChI is InChI=1S/C11H10ClFO/c1-8(14)3-2-4-9-5-6-11(13)10(12)7-9/h5-8,14H,3H2,1H3. The maximum atomic E-state index is 12.7. The Hall–Kier alpha value is -1.04. The summed E-state index contributed by atoms with van der Waals surface area (Å²) in [6.45, 7) is 1.66. The molecule has 1 unspecified atom stereocenters. The van der Waals surface area contributed by atoms with E-state index in [1.807, 2.05) is 0 Å². The molecule has 0 aliphatic heterocycles. The Morgan fingerprint density at radius 3 is 2.86 bits per heavy atom. The van der Waals surface area contributed by atoms with Crippen LogP contribution in [0.15, 0.2) is 18.2 Å². The summed E-state index contributed by atoms with van der Waals surface area (Å²) < 4.78 is 12.7. The van der Waals surface area contributed by atoms with Crippen molar-refractivity contribution in [2.75, 3.05) is 0 Å². The fourth-order valence-electron chi connectivity index (χ4n) is 0.875. The third kappa shape index (κ3) is 3.37.